The summed E-state index contributed by atoms with van der Waals surface area (Å²) in [6.07, 6.45) is 0.194. The molecule has 3 nitrogen and oxygen atoms in total. The standard InChI is InChI=1S/C15H17BrFNO2/c1-9(2)15(3)7-13(19)18(14(15)20)8-10-6-11(16)4-5-12(10)17/h4-6,9H,7-8H2,1-3H3. The van der Waals surface area contributed by atoms with Crippen molar-refractivity contribution in [1.82, 2.24) is 4.90 Å². The Balaban J connectivity index is 2.28. The summed E-state index contributed by atoms with van der Waals surface area (Å²) in [6, 6.07) is 4.51. The molecule has 0 spiro atoms. The van der Waals surface area contributed by atoms with Gasteiger partial charge in [-0.3, -0.25) is 14.5 Å². The summed E-state index contributed by atoms with van der Waals surface area (Å²) in [4.78, 5) is 25.7. The lowest BCUT2D eigenvalue weighted by Gasteiger charge is -2.26. The second kappa shape index (κ2) is 5.28. The topological polar surface area (TPSA) is 37.4 Å². The Hall–Kier alpha value is -1.23. The van der Waals surface area contributed by atoms with Gasteiger partial charge in [-0.1, -0.05) is 29.8 Å². The number of rotatable bonds is 3. The van der Waals surface area contributed by atoms with Gasteiger partial charge in [-0.2, -0.15) is 0 Å². The number of carbonyl (C=O) groups excluding carboxylic acids is 2. The first-order chi connectivity index (χ1) is 9.25. The summed E-state index contributed by atoms with van der Waals surface area (Å²) in [5.74, 6) is -0.786. The quantitative estimate of drug-likeness (QED) is 0.789. The van der Waals surface area contributed by atoms with Crippen molar-refractivity contribution >= 4 is 27.7 Å². The molecule has 1 aliphatic heterocycles. The molecule has 1 aromatic rings. The van der Waals surface area contributed by atoms with E-state index in [0.29, 0.717) is 5.56 Å². The number of hydrogen-bond donors (Lipinski definition) is 0. The van der Waals surface area contributed by atoms with Crippen molar-refractivity contribution in [2.45, 2.75) is 33.7 Å². The largest absolute Gasteiger partial charge is 0.278 e. The van der Waals surface area contributed by atoms with Crippen LogP contribution in [0.2, 0.25) is 0 Å². The fourth-order valence-electron chi connectivity index (χ4n) is 2.35. The molecule has 0 N–H and O–H groups in total. The van der Waals surface area contributed by atoms with Crippen LogP contribution in [-0.4, -0.2) is 16.7 Å². The molecular formula is C15H17BrFNO2. The highest BCUT2D eigenvalue weighted by Crippen LogP contribution is 2.40. The third-order valence-electron chi connectivity index (χ3n) is 4.16. The van der Waals surface area contributed by atoms with Gasteiger partial charge in [0.2, 0.25) is 11.8 Å². The van der Waals surface area contributed by atoms with Crippen molar-refractivity contribution in [1.29, 1.82) is 0 Å². The molecule has 0 saturated carbocycles. The molecule has 0 aliphatic carbocycles. The second-order valence-corrected chi connectivity index (χ2v) is 6.69. The van der Waals surface area contributed by atoms with Crippen molar-refractivity contribution in [2.24, 2.45) is 11.3 Å². The van der Waals surface area contributed by atoms with E-state index in [2.05, 4.69) is 15.9 Å². The highest BCUT2D eigenvalue weighted by Gasteiger charge is 2.49. The molecule has 2 rings (SSSR count). The van der Waals surface area contributed by atoms with Gasteiger partial charge in [-0.15, -0.1) is 0 Å². The Morgan fingerprint density at radius 3 is 2.60 bits per heavy atom. The molecule has 1 fully saturated rings. The third-order valence-corrected chi connectivity index (χ3v) is 4.66. The number of halogens is 2. The summed E-state index contributed by atoms with van der Waals surface area (Å²) in [5.41, 5.74) is -0.339. The van der Waals surface area contributed by atoms with Crippen LogP contribution in [0.25, 0.3) is 0 Å². The highest BCUT2D eigenvalue weighted by atomic mass is 79.9. The molecule has 1 unspecified atom stereocenters. The molecule has 1 heterocycles. The average molecular weight is 342 g/mol. The lowest BCUT2D eigenvalue weighted by Crippen LogP contribution is -2.36. The molecule has 5 heteroatoms. The maximum absolute atomic E-state index is 13.8. The number of nitrogens with zero attached hydrogens (tertiary/aromatic N) is 1. The SMILES string of the molecule is CC(C)C1(C)CC(=O)N(Cc2cc(Br)ccc2F)C1=O. The van der Waals surface area contributed by atoms with E-state index >= 15 is 0 Å². The zero-order valence-electron chi connectivity index (χ0n) is 11.7. The molecule has 0 bridgehead atoms. The summed E-state index contributed by atoms with van der Waals surface area (Å²) in [6.45, 7) is 5.64. The van der Waals surface area contributed by atoms with E-state index in [1.165, 1.54) is 11.0 Å². The zero-order valence-corrected chi connectivity index (χ0v) is 13.3. The Labute approximate surface area is 126 Å². The van der Waals surface area contributed by atoms with Crippen LogP contribution in [0, 0.1) is 17.2 Å². The van der Waals surface area contributed by atoms with Crippen molar-refractivity contribution in [3.05, 3.63) is 34.1 Å². The summed E-state index contributed by atoms with van der Waals surface area (Å²) in [7, 11) is 0. The summed E-state index contributed by atoms with van der Waals surface area (Å²) < 4.78 is 14.5. The van der Waals surface area contributed by atoms with Crippen LogP contribution in [0.1, 0.15) is 32.8 Å². The van der Waals surface area contributed by atoms with E-state index in [0.717, 1.165) is 4.47 Å². The van der Waals surface area contributed by atoms with Crippen LogP contribution in [0.5, 0.6) is 0 Å². The van der Waals surface area contributed by atoms with Crippen LogP contribution in [0.15, 0.2) is 22.7 Å². The van der Waals surface area contributed by atoms with Gasteiger partial charge in [0.25, 0.3) is 0 Å². The minimum absolute atomic E-state index is 0.00868. The maximum atomic E-state index is 13.8. The molecule has 1 aliphatic rings. The van der Waals surface area contributed by atoms with E-state index in [1.54, 1.807) is 19.1 Å². The number of hydrogen-bond acceptors (Lipinski definition) is 2. The fraction of sp³-hybridized carbons (Fsp3) is 0.467. The van der Waals surface area contributed by atoms with Gasteiger partial charge in [0.1, 0.15) is 5.82 Å². The number of amides is 2. The maximum Gasteiger partial charge on any atom is 0.236 e. The Kier molecular flexibility index (Phi) is 4.00. The first-order valence-electron chi connectivity index (χ1n) is 6.54. The molecule has 0 radical (unpaired) electrons. The van der Waals surface area contributed by atoms with Gasteiger partial charge in [-0.25, -0.2) is 4.39 Å². The van der Waals surface area contributed by atoms with E-state index in [4.69, 9.17) is 0 Å². The molecule has 1 atom stereocenters. The molecule has 0 aromatic heterocycles. The third kappa shape index (κ3) is 2.51. The molecular weight excluding hydrogens is 325 g/mol. The molecule has 108 valence electrons. The predicted molar refractivity (Wildman–Crippen MR) is 77.2 cm³/mol. The fourth-order valence-corrected chi connectivity index (χ4v) is 2.76. The van der Waals surface area contributed by atoms with Crippen molar-refractivity contribution < 1.29 is 14.0 Å². The number of likely N-dealkylation sites (tertiary alicyclic amines) is 1. The molecule has 20 heavy (non-hydrogen) atoms. The second-order valence-electron chi connectivity index (χ2n) is 5.77. The molecule has 1 aromatic carbocycles. The predicted octanol–water partition coefficient (Wildman–Crippen LogP) is 3.51. The van der Waals surface area contributed by atoms with E-state index < -0.39 is 11.2 Å². The Morgan fingerprint density at radius 2 is 2.05 bits per heavy atom. The molecule has 1 saturated heterocycles. The van der Waals surface area contributed by atoms with Crippen molar-refractivity contribution in [3.8, 4) is 0 Å². The normalized spacial score (nSPS) is 23.0. The van der Waals surface area contributed by atoms with Gasteiger partial charge >= 0.3 is 0 Å². The monoisotopic (exact) mass is 341 g/mol. The highest BCUT2D eigenvalue weighted by molar-refractivity contribution is 9.10. The van der Waals surface area contributed by atoms with Crippen LogP contribution in [-0.2, 0) is 16.1 Å². The lowest BCUT2D eigenvalue weighted by atomic mass is 9.78. The van der Waals surface area contributed by atoms with Crippen LogP contribution >= 0.6 is 15.9 Å². The Bertz CT molecular complexity index is 573. The van der Waals surface area contributed by atoms with Gasteiger partial charge < -0.3 is 0 Å². The number of carbonyl (C=O) groups is 2. The summed E-state index contributed by atoms with van der Waals surface area (Å²) >= 11 is 3.27. The van der Waals surface area contributed by atoms with Crippen molar-refractivity contribution in [3.63, 3.8) is 0 Å². The van der Waals surface area contributed by atoms with Crippen LogP contribution in [0.4, 0.5) is 4.39 Å². The lowest BCUT2D eigenvalue weighted by molar-refractivity contribution is -0.142. The average Bonchev–Trinajstić information content (AvgIpc) is 2.58. The first-order valence-corrected chi connectivity index (χ1v) is 7.33. The first kappa shape index (κ1) is 15.2. The van der Waals surface area contributed by atoms with E-state index in [1.807, 2.05) is 13.8 Å². The van der Waals surface area contributed by atoms with Crippen molar-refractivity contribution in [2.75, 3.05) is 0 Å². The van der Waals surface area contributed by atoms with Gasteiger partial charge in [0.15, 0.2) is 0 Å². The minimum Gasteiger partial charge on any atom is -0.278 e. The van der Waals surface area contributed by atoms with Gasteiger partial charge in [0.05, 0.1) is 12.0 Å². The number of imide groups is 1. The minimum atomic E-state index is -0.681. The van der Waals surface area contributed by atoms with Crippen LogP contribution < -0.4 is 0 Å². The number of benzene rings is 1. The summed E-state index contributed by atoms with van der Waals surface area (Å²) in [5, 5.41) is 0. The van der Waals surface area contributed by atoms with E-state index in [-0.39, 0.29) is 30.7 Å². The molecule has 2 amide bonds. The van der Waals surface area contributed by atoms with Gasteiger partial charge in [-0.05, 0) is 31.0 Å². The zero-order chi connectivity index (χ0) is 15.1. The Morgan fingerprint density at radius 1 is 1.40 bits per heavy atom. The van der Waals surface area contributed by atoms with E-state index in [9.17, 15) is 14.0 Å². The van der Waals surface area contributed by atoms with Crippen LogP contribution in [0.3, 0.4) is 0 Å². The van der Waals surface area contributed by atoms with Gasteiger partial charge in [0, 0.05) is 16.5 Å². The smallest absolute Gasteiger partial charge is 0.236 e.